The second-order valence-corrected chi connectivity index (χ2v) is 17.7. The highest BCUT2D eigenvalue weighted by Gasteiger charge is 2.84. The SMILES string of the molecule is C.CC(=O)CN.COC(CCCC1C(C)CC2C3CCC4C(C)(C)C(O)CCC45C(C)C35CCC12C)C(C)(C)O.Cc1ccccc1. The maximum atomic E-state index is 10.9. The molecular weight excluding hydrogens is 582 g/mol. The van der Waals surface area contributed by atoms with Crippen molar-refractivity contribution in [3.63, 3.8) is 0 Å². The second kappa shape index (κ2) is 14.9. The topological polar surface area (TPSA) is 92.8 Å². The van der Waals surface area contributed by atoms with Crippen LogP contribution in [0.4, 0.5) is 0 Å². The van der Waals surface area contributed by atoms with Crippen molar-refractivity contribution < 1.29 is 19.7 Å². The number of ether oxygens (including phenoxy) is 1. The van der Waals surface area contributed by atoms with Crippen LogP contribution in [0.3, 0.4) is 0 Å². The number of hydrogen-bond donors (Lipinski definition) is 3. The fourth-order valence-corrected chi connectivity index (χ4v) is 12.5. The maximum Gasteiger partial charge on any atom is 0.143 e. The lowest BCUT2D eigenvalue weighted by Gasteiger charge is -2.59. The number of fused-ring (bicyclic) bond motifs is 2. The van der Waals surface area contributed by atoms with Gasteiger partial charge in [-0.2, -0.15) is 0 Å². The molecule has 4 N–H and O–H groups in total. The molecule has 0 amide bonds. The summed E-state index contributed by atoms with van der Waals surface area (Å²) in [6.45, 7) is 20.1. The third-order valence-corrected chi connectivity index (χ3v) is 14.8. The van der Waals surface area contributed by atoms with Gasteiger partial charge in [-0.25, -0.2) is 0 Å². The van der Waals surface area contributed by atoms with Crippen molar-refractivity contribution in [2.75, 3.05) is 13.7 Å². The van der Waals surface area contributed by atoms with Gasteiger partial charge in [0, 0.05) is 7.11 Å². The molecule has 0 heterocycles. The first-order chi connectivity index (χ1) is 21.4. The highest BCUT2D eigenvalue weighted by atomic mass is 16.5. The van der Waals surface area contributed by atoms with Gasteiger partial charge in [0.15, 0.2) is 0 Å². The van der Waals surface area contributed by atoms with Gasteiger partial charge in [0.2, 0.25) is 0 Å². The van der Waals surface area contributed by atoms with Crippen molar-refractivity contribution in [2.24, 2.45) is 62.9 Å². The molecule has 2 spiro atoms. The van der Waals surface area contributed by atoms with Gasteiger partial charge in [-0.1, -0.05) is 84.4 Å². The van der Waals surface area contributed by atoms with Crippen LogP contribution in [-0.4, -0.2) is 47.5 Å². The molecule has 1 aromatic rings. The van der Waals surface area contributed by atoms with E-state index in [2.05, 4.69) is 53.7 Å². The normalized spacial score (nSPS) is 39.9. The number of nitrogens with two attached hydrogens (primary N) is 1. The molecule has 5 heteroatoms. The van der Waals surface area contributed by atoms with Gasteiger partial charge < -0.3 is 20.7 Å². The molecule has 5 nitrogen and oxygen atoms in total. The van der Waals surface area contributed by atoms with Gasteiger partial charge in [0.25, 0.3) is 0 Å². The Hall–Kier alpha value is -1.27. The molecule has 6 rings (SSSR count). The minimum atomic E-state index is -0.768. The first kappa shape index (κ1) is 40.2. The van der Waals surface area contributed by atoms with E-state index >= 15 is 0 Å². The quantitative estimate of drug-likeness (QED) is 0.273. The van der Waals surface area contributed by atoms with Crippen LogP contribution in [0.15, 0.2) is 30.3 Å². The Bertz CT molecular complexity index is 1160. The summed E-state index contributed by atoms with van der Waals surface area (Å²) in [5.74, 6) is 4.98. The Morgan fingerprint density at radius 3 is 2.15 bits per heavy atom. The number of benzene rings is 1. The second-order valence-electron chi connectivity index (χ2n) is 17.7. The lowest BCUT2D eigenvalue weighted by atomic mass is 9.46. The predicted octanol–water partition coefficient (Wildman–Crippen LogP) is 9.01. The van der Waals surface area contributed by atoms with Crippen LogP contribution in [0, 0.1) is 64.1 Å². The summed E-state index contributed by atoms with van der Waals surface area (Å²) >= 11 is 0. The number of aryl methyl sites for hydroxylation is 1. The van der Waals surface area contributed by atoms with Gasteiger partial charge in [-0.3, -0.25) is 4.79 Å². The van der Waals surface area contributed by atoms with Gasteiger partial charge in [-0.05, 0) is 143 Å². The minimum absolute atomic E-state index is 0. The summed E-state index contributed by atoms with van der Waals surface area (Å²) in [5.41, 5.74) is 7.01. The summed E-state index contributed by atoms with van der Waals surface area (Å²) in [5, 5.41) is 21.4. The number of ketones is 1. The molecule has 11 atom stereocenters. The molecule has 0 bridgehead atoms. The van der Waals surface area contributed by atoms with E-state index < -0.39 is 5.60 Å². The molecule has 5 aliphatic carbocycles. The third kappa shape index (κ3) is 7.04. The van der Waals surface area contributed by atoms with Crippen LogP contribution in [0.2, 0.25) is 0 Å². The number of rotatable bonds is 7. The summed E-state index contributed by atoms with van der Waals surface area (Å²) in [6.07, 6.45) is 12.5. The van der Waals surface area contributed by atoms with Gasteiger partial charge in [-0.15, -0.1) is 0 Å². The van der Waals surface area contributed by atoms with Gasteiger partial charge >= 0.3 is 0 Å². The van der Waals surface area contributed by atoms with E-state index in [4.69, 9.17) is 10.5 Å². The van der Waals surface area contributed by atoms with Crippen molar-refractivity contribution in [1.82, 2.24) is 0 Å². The van der Waals surface area contributed by atoms with Crippen molar-refractivity contribution in [3.05, 3.63) is 35.9 Å². The van der Waals surface area contributed by atoms with E-state index in [1.165, 1.54) is 57.4 Å². The number of Topliss-reactive ketones (excluding diaryl/α,β-unsaturated/α-hetero) is 1. The number of hydrogen-bond acceptors (Lipinski definition) is 5. The number of methoxy groups -OCH3 is 1. The van der Waals surface area contributed by atoms with Crippen molar-refractivity contribution in [1.29, 1.82) is 0 Å². The number of carbonyl (C=O) groups excluding carboxylic acids is 1. The molecule has 11 unspecified atom stereocenters. The smallest absolute Gasteiger partial charge is 0.143 e. The van der Waals surface area contributed by atoms with Crippen molar-refractivity contribution in [2.45, 2.75) is 152 Å². The van der Waals surface area contributed by atoms with E-state index in [0.29, 0.717) is 22.2 Å². The van der Waals surface area contributed by atoms with Crippen LogP contribution in [-0.2, 0) is 9.53 Å². The number of aliphatic hydroxyl groups is 2. The number of aliphatic hydroxyl groups excluding tert-OH is 1. The van der Waals surface area contributed by atoms with Crippen LogP contribution in [0.1, 0.15) is 133 Å². The fourth-order valence-electron chi connectivity index (χ4n) is 12.5. The zero-order valence-electron chi connectivity index (χ0n) is 31.1. The molecule has 47 heavy (non-hydrogen) atoms. The summed E-state index contributed by atoms with van der Waals surface area (Å²) in [4.78, 5) is 9.69. The van der Waals surface area contributed by atoms with E-state index in [1.54, 1.807) is 7.11 Å². The van der Waals surface area contributed by atoms with Gasteiger partial charge in [0.05, 0.1) is 24.4 Å². The highest BCUT2D eigenvalue weighted by Crippen LogP contribution is 2.89. The average molecular weight is 656 g/mol. The van der Waals surface area contributed by atoms with Crippen molar-refractivity contribution >= 4 is 5.78 Å². The Morgan fingerprint density at radius 1 is 1.02 bits per heavy atom. The third-order valence-electron chi connectivity index (χ3n) is 14.8. The van der Waals surface area contributed by atoms with Crippen LogP contribution in [0.25, 0.3) is 0 Å². The largest absolute Gasteiger partial charge is 0.393 e. The summed E-state index contributed by atoms with van der Waals surface area (Å²) < 4.78 is 5.65. The van der Waals surface area contributed by atoms with E-state index in [0.717, 1.165) is 48.9 Å². The van der Waals surface area contributed by atoms with Crippen molar-refractivity contribution in [3.8, 4) is 0 Å². The lowest BCUT2D eigenvalue weighted by molar-refractivity contribution is -0.132. The molecule has 0 aromatic heterocycles. The average Bonchev–Trinajstić information content (AvgIpc) is 3.41. The van der Waals surface area contributed by atoms with Crippen LogP contribution >= 0.6 is 0 Å². The maximum absolute atomic E-state index is 10.9. The molecule has 5 aliphatic rings. The summed E-state index contributed by atoms with van der Waals surface area (Å²) in [7, 11) is 1.74. The monoisotopic (exact) mass is 656 g/mol. The Balaban J connectivity index is 0.000000391. The molecule has 5 saturated carbocycles. The van der Waals surface area contributed by atoms with Crippen LogP contribution in [0.5, 0.6) is 0 Å². The summed E-state index contributed by atoms with van der Waals surface area (Å²) in [6, 6.07) is 10.3. The Kier molecular flexibility index (Phi) is 12.7. The molecular formula is C42H73NO4. The standard InChI is InChI=1S/C31H54O3.C7H8.C3H7NO.CH4/c1-19-18-23-22-12-13-24-27(3,4)25(32)14-15-31(24)20(2)30(22,31)17-16-29(23,7)21(19)10-9-11-26(34-8)28(5,6)33;1-7-5-3-2-4-6-7;1-3(5)2-4;/h19-26,32-33H,9-18H2,1-8H3;2-6H,1H3;2,4H2,1H3;1H4. The zero-order chi connectivity index (χ0) is 34.3. The molecule has 1 aromatic carbocycles. The molecule has 5 fully saturated rings. The lowest BCUT2D eigenvalue weighted by Crippen LogP contribution is -2.54. The molecule has 270 valence electrons. The molecule has 0 aliphatic heterocycles. The Labute approximate surface area is 289 Å². The molecule has 0 saturated heterocycles. The number of carbonyl (C=O) groups is 1. The zero-order valence-corrected chi connectivity index (χ0v) is 31.1. The Morgan fingerprint density at radius 2 is 1.64 bits per heavy atom. The first-order valence-electron chi connectivity index (χ1n) is 18.6. The minimum Gasteiger partial charge on any atom is -0.393 e. The van der Waals surface area contributed by atoms with E-state index in [-0.39, 0.29) is 37.4 Å². The van der Waals surface area contributed by atoms with E-state index in [1.807, 2.05) is 32.0 Å². The first-order valence-corrected chi connectivity index (χ1v) is 18.6. The van der Waals surface area contributed by atoms with E-state index in [9.17, 15) is 15.0 Å². The van der Waals surface area contributed by atoms with Crippen LogP contribution < -0.4 is 5.73 Å². The molecule has 0 radical (unpaired) electrons. The fraction of sp³-hybridized carbons (Fsp3) is 0.833. The van der Waals surface area contributed by atoms with Gasteiger partial charge in [0.1, 0.15) is 5.78 Å². The highest BCUT2D eigenvalue weighted by molar-refractivity contribution is 5.77. The predicted molar refractivity (Wildman–Crippen MR) is 196 cm³/mol.